The molecule has 5 rings (SSSR count). The predicted octanol–water partition coefficient (Wildman–Crippen LogP) is 4.31. The van der Waals surface area contributed by atoms with E-state index in [1.54, 1.807) is 6.20 Å². The number of nitrogens with one attached hydrogen (secondary N) is 1. The molecule has 4 aromatic rings. The number of aromatic amines is 1. The van der Waals surface area contributed by atoms with Crippen molar-refractivity contribution in [3.8, 4) is 17.0 Å². The van der Waals surface area contributed by atoms with Gasteiger partial charge in [0, 0.05) is 23.8 Å². The van der Waals surface area contributed by atoms with E-state index < -0.39 is 0 Å². The summed E-state index contributed by atoms with van der Waals surface area (Å²) in [6.45, 7) is 9.39. The van der Waals surface area contributed by atoms with Gasteiger partial charge in [-0.05, 0) is 56.9 Å². The van der Waals surface area contributed by atoms with E-state index >= 15 is 0 Å². The Bertz CT molecular complexity index is 1350. The van der Waals surface area contributed by atoms with E-state index in [0.29, 0.717) is 17.9 Å². The number of fused-ring (bicyclic) bond motifs is 3. The number of benzene rings is 1. The highest BCUT2D eigenvalue weighted by Crippen LogP contribution is 2.35. The summed E-state index contributed by atoms with van der Waals surface area (Å²) < 4.78 is 13.4. The lowest BCUT2D eigenvalue weighted by Crippen LogP contribution is -2.12. The Balaban J connectivity index is 1.71. The molecule has 0 aliphatic carbocycles. The molecule has 1 aliphatic heterocycles. The first-order chi connectivity index (χ1) is 14.9. The standard InChI is InChI=1S/C24H26N4O3/c1-13(2)31-24-15(4)21(14(3)10-25-24)16-5-6-18-20(9-16)27-23(29)19-11-26-28(22(18)19)17-7-8-30-12-17/h5-6,9-11,13,17H,7-8,12H2,1-4H3,(H,27,29). The van der Waals surface area contributed by atoms with Crippen LogP contribution in [0.15, 0.2) is 35.4 Å². The zero-order valence-corrected chi connectivity index (χ0v) is 18.2. The molecule has 1 fully saturated rings. The van der Waals surface area contributed by atoms with Crippen LogP contribution in [-0.4, -0.2) is 39.1 Å². The summed E-state index contributed by atoms with van der Waals surface area (Å²) in [6, 6.07) is 6.35. The second-order valence-corrected chi connectivity index (χ2v) is 8.50. The van der Waals surface area contributed by atoms with Crippen LogP contribution in [-0.2, 0) is 4.74 Å². The number of ether oxygens (including phenoxy) is 2. The summed E-state index contributed by atoms with van der Waals surface area (Å²) >= 11 is 0. The lowest BCUT2D eigenvalue weighted by Gasteiger charge is -2.17. The Morgan fingerprint density at radius 3 is 2.81 bits per heavy atom. The topological polar surface area (TPSA) is 82.0 Å². The van der Waals surface area contributed by atoms with Crippen molar-refractivity contribution in [3.05, 3.63) is 52.1 Å². The highest BCUT2D eigenvalue weighted by Gasteiger charge is 2.23. The van der Waals surface area contributed by atoms with E-state index in [0.717, 1.165) is 51.7 Å². The van der Waals surface area contributed by atoms with Crippen molar-refractivity contribution in [2.45, 2.75) is 46.3 Å². The predicted molar refractivity (Wildman–Crippen MR) is 121 cm³/mol. The monoisotopic (exact) mass is 418 g/mol. The van der Waals surface area contributed by atoms with Crippen molar-refractivity contribution < 1.29 is 9.47 Å². The molecule has 1 aromatic carbocycles. The van der Waals surface area contributed by atoms with Crippen LogP contribution in [0.3, 0.4) is 0 Å². The molecule has 0 amide bonds. The maximum Gasteiger partial charge on any atom is 0.259 e. The Morgan fingerprint density at radius 1 is 1.23 bits per heavy atom. The van der Waals surface area contributed by atoms with E-state index in [1.165, 1.54) is 0 Å². The summed E-state index contributed by atoms with van der Waals surface area (Å²) in [5.74, 6) is 0.638. The van der Waals surface area contributed by atoms with E-state index in [1.807, 2.05) is 44.6 Å². The van der Waals surface area contributed by atoms with Crippen LogP contribution in [0.1, 0.15) is 37.4 Å². The zero-order chi connectivity index (χ0) is 21.7. The van der Waals surface area contributed by atoms with Crippen LogP contribution in [0.5, 0.6) is 5.88 Å². The van der Waals surface area contributed by atoms with Gasteiger partial charge in [-0.15, -0.1) is 0 Å². The summed E-state index contributed by atoms with van der Waals surface area (Å²) in [5.41, 5.74) is 5.67. The van der Waals surface area contributed by atoms with Gasteiger partial charge in [0.05, 0.1) is 41.4 Å². The first kappa shape index (κ1) is 19.8. The molecule has 7 nitrogen and oxygen atoms in total. The minimum Gasteiger partial charge on any atom is -0.475 e. The van der Waals surface area contributed by atoms with Gasteiger partial charge in [0.25, 0.3) is 5.56 Å². The quantitative estimate of drug-likeness (QED) is 0.534. The minimum atomic E-state index is -0.128. The summed E-state index contributed by atoms with van der Waals surface area (Å²) in [6.07, 6.45) is 4.44. The average molecular weight is 418 g/mol. The van der Waals surface area contributed by atoms with Crippen molar-refractivity contribution in [2.75, 3.05) is 13.2 Å². The van der Waals surface area contributed by atoms with Gasteiger partial charge < -0.3 is 14.5 Å². The number of nitrogens with zero attached hydrogens (tertiary/aromatic N) is 3. The number of pyridine rings is 2. The Morgan fingerprint density at radius 2 is 2.06 bits per heavy atom. The van der Waals surface area contributed by atoms with E-state index in [9.17, 15) is 4.79 Å². The molecule has 1 unspecified atom stereocenters. The van der Waals surface area contributed by atoms with Crippen molar-refractivity contribution in [2.24, 2.45) is 0 Å². The lowest BCUT2D eigenvalue weighted by molar-refractivity contribution is 0.185. The fourth-order valence-corrected chi connectivity index (χ4v) is 4.49. The SMILES string of the molecule is Cc1cnc(OC(C)C)c(C)c1-c1ccc2c(c1)[nH]c(=O)c1cnn(C3CCOC3)c12. The third-order valence-electron chi connectivity index (χ3n) is 5.92. The molecule has 0 bridgehead atoms. The second-order valence-electron chi connectivity index (χ2n) is 8.50. The van der Waals surface area contributed by atoms with Gasteiger partial charge in [-0.25, -0.2) is 4.98 Å². The summed E-state index contributed by atoms with van der Waals surface area (Å²) in [4.78, 5) is 20.3. The molecule has 0 saturated carbocycles. The molecule has 31 heavy (non-hydrogen) atoms. The molecule has 1 atom stereocenters. The maximum absolute atomic E-state index is 12.8. The first-order valence-electron chi connectivity index (χ1n) is 10.7. The zero-order valence-electron chi connectivity index (χ0n) is 18.2. The Kier molecular flexibility index (Phi) is 4.78. The van der Waals surface area contributed by atoms with Gasteiger partial charge in [-0.2, -0.15) is 5.10 Å². The van der Waals surface area contributed by atoms with Crippen LogP contribution in [0.2, 0.25) is 0 Å². The van der Waals surface area contributed by atoms with Gasteiger partial charge in [0.1, 0.15) is 0 Å². The van der Waals surface area contributed by atoms with Crippen LogP contribution in [0.4, 0.5) is 0 Å². The fraction of sp³-hybridized carbons (Fsp3) is 0.375. The number of aryl methyl sites for hydroxylation is 1. The normalized spacial score (nSPS) is 16.6. The molecule has 1 aliphatic rings. The van der Waals surface area contributed by atoms with Gasteiger partial charge in [-0.3, -0.25) is 9.48 Å². The van der Waals surface area contributed by atoms with Crippen molar-refractivity contribution in [1.29, 1.82) is 0 Å². The molecule has 3 aromatic heterocycles. The van der Waals surface area contributed by atoms with Gasteiger partial charge in [0.2, 0.25) is 5.88 Å². The molecule has 1 saturated heterocycles. The number of aromatic nitrogens is 4. The van der Waals surface area contributed by atoms with Gasteiger partial charge in [-0.1, -0.05) is 12.1 Å². The third kappa shape index (κ3) is 3.29. The molecule has 0 spiro atoms. The van der Waals surface area contributed by atoms with Gasteiger partial charge >= 0.3 is 0 Å². The number of hydrogen-bond donors (Lipinski definition) is 1. The van der Waals surface area contributed by atoms with Crippen molar-refractivity contribution in [1.82, 2.24) is 19.7 Å². The molecule has 4 heterocycles. The molecule has 1 N–H and O–H groups in total. The highest BCUT2D eigenvalue weighted by atomic mass is 16.5. The Labute approximate surface area is 180 Å². The maximum atomic E-state index is 12.8. The number of rotatable bonds is 4. The minimum absolute atomic E-state index is 0.0443. The number of hydrogen-bond acceptors (Lipinski definition) is 5. The molecule has 0 radical (unpaired) electrons. The van der Waals surface area contributed by atoms with Crippen LogP contribution >= 0.6 is 0 Å². The lowest BCUT2D eigenvalue weighted by atomic mass is 9.96. The molecule has 160 valence electrons. The molecular weight excluding hydrogens is 392 g/mol. The summed E-state index contributed by atoms with van der Waals surface area (Å²) in [5, 5.41) is 6.11. The van der Waals surface area contributed by atoms with Crippen molar-refractivity contribution in [3.63, 3.8) is 0 Å². The second kappa shape index (κ2) is 7.50. The highest BCUT2D eigenvalue weighted by molar-refractivity contribution is 6.04. The Hall–Kier alpha value is -3.19. The van der Waals surface area contributed by atoms with Crippen LogP contribution in [0.25, 0.3) is 32.9 Å². The molecular formula is C24H26N4O3. The van der Waals surface area contributed by atoms with Gasteiger partial charge in [0.15, 0.2) is 0 Å². The summed E-state index contributed by atoms with van der Waals surface area (Å²) in [7, 11) is 0. The third-order valence-corrected chi connectivity index (χ3v) is 5.92. The first-order valence-corrected chi connectivity index (χ1v) is 10.7. The number of H-pyrrole nitrogens is 1. The van der Waals surface area contributed by atoms with E-state index in [-0.39, 0.29) is 17.7 Å². The fourth-order valence-electron chi connectivity index (χ4n) is 4.49. The largest absolute Gasteiger partial charge is 0.475 e. The molecule has 7 heteroatoms. The van der Waals surface area contributed by atoms with E-state index in [4.69, 9.17) is 9.47 Å². The van der Waals surface area contributed by atoms with Crippen LogP contribution in [0, 0.1) is 13.8 Å². The van der Waals surface area contributed by atoms with Crippen LogP contribution < -0.4 is 10.3 Å². The smallest absolute Gasteiger partial charge is 0.259 e. The van der Waals surface area contributed by atoms with Crippen molar-refractivity contribution >= 4 is 21.8 Å². The average Bonchev–Trinajstić information content (AvgIpc) is 3.40. The van der Waals surface area contributed by atoms with E-state index in [2.05, 4.69) is 27.2 Å².